The Morgan fingerprint density at radius 2 is 1.96 bits per heavy atom. The lowest BCUT2D eigenvalue weighted by Gasteiger charge is -2.24. The van der Waals surface area contributed by atoms with E-state index >= 15 is 0 Å². The molecule has 1 aliphatic carbocycles. The van der Waals surface area contributed by atoms with Crippen LogP contribution in [0.5, 0.6) is 0 Å². The zero-order valence-corrected chi connectivity index (χ0v) is 15.5. The Kier molecular flexibility index (Phi) is 4.09. The molecule has 27 heavy (non-hydrogen) atoms. The Balaban J connectivity index is 1.72. The van der Waals surface area contributed by atoms with Crippen LogP contribution >= 0.6 is 11.6 Å². The molecule has 0 aromatic heterocycles. The number of hydrogen-bond donors (Lipinski definition) is 2. The maximum absolute atomic E-state index is 12.9. The van der Waals surface area contributed by atoms with Crippen LogP contribution in [0.2, 0.25) is 5.02 Å². The molecule has 0 unspecified atom stereocenters. The van der Waals surface area contributed by atoms with Gasteiger partial charge in [-0.15, -0.1) is 0 Å². The summed E-state index contributed by atoms with van der Waals surface area (Å²) >= 11 is 6.04. The van der Waals surface area contributed by atoms with Crippen LogP contribution in [0.3, 0.4) is 0 Å². The van der Waals surface area contributed by atoms with Crippen molar-refractivity contribution >= 4 is 34.7 Å². The van der Waals surface area contributed by atoms with Crippen LogP contribution in [0, 0.1) is 0 Å². The number of Topliss-reactive ketones (excluding diaryl/α,β-unsaturated/α-hetero) is 1. The maximum Gasteiger partial charge on any atom is 0.263 e. The number of fused-ring (bicyclic) bond motifs is 2. The zero-order chi connectivity index (χ0) is 19.3. The van der Waals surface area contributed by atoms with E-state index in [1.807, 2.05) is 12.1 Å². The average Bonchev–Trinajstić information content (AvgIpc) is 2.83. The van der Waals surface area contributed by atoms with Crippen LogP contribution in [-0.2, 0) is 21.6 Å². The number of nitrogens with zero attached hydrogens (tertiary/aromatic N) is 1. The summed E-state index contributed by atoms with van der Waals surface area (Å²) in [5, 5.41) is 22.1. The molecule has 0 saturated heterocycles. The first-order chi connectivity index (χ1) is 12.8. The molecule has 5 nitrogen and oxygen atoms in total. The van der Waals surface area contributed by atoms with Gasteiger partial charge in [-0.1, -0.05) is 35.9 Å². The molecule has 6 heteroatoms. The zero-order valence-electron chi connectivity index (χ0n) is 14.7. The Morgan fingerprint density at radius 1 is 1.22 bits per heavy atom. The van der Waals surface area contributed by atoms with Gasteiger partial charge < -0.3 is 15.1 Å². The smallest absolute Gasteiger partial charge is 0.263 e. The predicted molar refractivity (Wildman–Crippen MR) is 103 cm³/mol. The van der Waals surface area contributed by atoms with Gasteiger partial charge in [0.05, 0.1) is 12.1 Å². The lowest BCUT2D eigenvalue weighted by atomic mass is 9.83. The summed E-state index contributed by atoms with van der Waals surface area (Å²) in [6, 6.07) is 12.1. The Labute approximate surface area is 161 Å². The first kappa shape index (κ1) is 17.8. The van der Waals surface area contributed by atoms with Gasteiger partial charge >= 0.3 is 0 Å². The van der Waals surface area contributed by atoms with Crippen LogP contribution in [0.25, 0.3) is 5.76 Å². The molecule has 2 aliphatic rings. The number of anilines is 1. The first-order valence-electron chi connectivity index (χ1n) is 8.67. The average molecular weight is 384 g/mol. The van der Waals surface area contributed by atoms with E-state index in [1.165, 1.54) is 11.0 Å². The fourth-order valence-electron chi connectivity index (χ4n) is 3.93. The Hall–Kier alpha value is -2.63. The second-order valence-corrected chi connectivity index (χ2v) is 7.41. The van der Waals surface area contributed by atoms with E-state index in [-0.39, 0.29) is 11.3 Å². The van der Waals surface area contributed by atoms with Crippen molar-refractivity contribution in [3.05, 3.63) is 69.8 Å². The molecule has 0 fully saturated rings. The van der Waals surface area contributed by atoms with Crippen molar-refractivity contribution < 1.29 is 19.8 Å². The summed E-state index contributed by atoms with van der Waals surface area (Å²) in [5.41, 5.74) is 0.680. The van der Waals surface area contributed by atoms with Crippen molar-refractivity contribution in [2.75, 3.05) is 11.9 Å². The molecule has 0 radical (unpaired) electrons. The number of aliphatic hydroxyl groups is 2. The number of aryl methyl sites for hydroxylation is 1. The first-order valence-corrected chi connectivity index (χ1v) is 9.05. The number of ketones is 1. The second-order valence-electron chi connectivity index (χ2n) is 6.97. The summed E-state index contributed by atoms with van der Waals surface area (Å²) in [4.78, 5) is 27.0. The molecule has 1 amide bonds. The largest absolute Gasteiger partial charge is 0.507 e. The van der Waals surface area contributed by atoms with Crippen LogP contribution in [0.4, 0.5) is 5.69 Å². The minimum Gasteiger partial charge on any atom is -0.507 e. The van der Waals surface area contributed by atoms with E-state index in [0.717, 1.165) is 5.56 Å². The van der Waals surface area contributed by atoms with Gasteiger partial charge in [-0.2, -0.15) is 0 Å². The SMILES string of the molecule is CN1C(=O)[C@@](O)(CC(=O)C2=C(O)c3ccccc3CC2)c2cc(Cl)ccc21. The monoisotopic (exact) mass is 383 g/mol. The van der Waals surface area contributed by atoms with Crippen LogP contribution in [0.1, 0.15) is 29.5 Å². The maximum atomic E-state index is 12.9. The minimum atomic E-state index is -1.99. The quantitative estimate of drug-likeness (QED) is 0.851. The van der Waals surface area contributed by atoms with Crippen molar-refractivity contribution in [3.8, 4) is 0 Å². The Bertz CT molecular complexity index is 1010. The van der Waals surface area contributed by atoms with Gasteiger partial charge in [-0.25, -0.2) is 0 Å². The number of aliphatic hydroxyl groups excluding tert-OH is 1. The summed E-state index contributed by atoms with van der Waals surface area (Å²) in [7, 11) is 1.55. The molecule has 1 atom stereocenters. The lowest BCUT2D eigenvalue weighted by Crippen LogP contribution is -2.40. The van der Waals surface area contributed by atoms with E-state index in [9.17, 15) is 19.8 Å². The molecule has 1 aliphatic heterocycles. The number of amides is 1. The number of carbonyl (C=O) groups excluding carboxylic acids is 2. The number of allylic oxidation sites excluding steroid dienone is 1. The van der Waals surface area contributed by atoms with Gasteiger partial charge in [0.15, 0.2) is 11.4 Å². The summed E-state index contributed by atoms with van der Waals surface area (Å²) in [6.45, 7) is 0. The van der Waals surface area contributed by atoms with Gasteiger partial charge in [-0.05, 0) is 36.6 Å². The normalized spacial score (nSPS) is 21.3. The topological polar surface area (TPSA) is 77.8 Å². The fraction of sp³-hybridized carbons (Fsp3) is 0.238. The van der Waals surface area contributed by atoms with Gasteiger partial charge in [0, 0.05) is 28.8 Å². The third-order valence-corrected chi connectivity index (χ3v) is 5.61. The molecule has 0 bridgehead atoms. The molecule has 0 spiro atoms. The number of likely N-dealkylation sites (N-methyl/N-ethyl adjacent to an activating group) is 1. The standard InChI is InChI=1S/C21H18ClNO4/c1-23-17-9-7-13(22)10-16(17)21(27,20(23)26)11-18(24)15-8-6-12-4-2-3-5-14(12)19(15)25/h2-5,7,9-10,25,27H,6,8,11H2,1H3/t21-/m1/s1. The van der Waals surface area contributed by atoms with Crippen molar-refractivity contribution in [1.82, 2.24) is 0 Å². The van der Waals surface area contributed by atoms with Crippen molar-refractivity contribution in [2.45, 2.75) is 24.9 Å². The van der Waals surface area contributed by atoms with E-state index in [1.54, 1.807) is 31.3 Å². The van der Waals surface area contributed by atoms with E-state index in [4.69, 9.17) is 11.6 Å². The number of benzene rings is 2. The van der Waals surface area contributed by atoms with Gasteiger partial charge in [0.1, 0.15) is 5.76 Å². The Morgan fingerprint density at radius 3 is 2.74 bits per heavy atom. The summed E-state index contributed by atoms with van der Waals surface area (Å²) in [5.74, 6) is -1.10. The molecular weight excluding hydrogens is 366 g/mol. The molecule has 2 aromatic rings. The lowest BCUT2D eigenvalue weighted by molar-refractivity contribution is -0.140. The molecule has 4 rings (SSSR count). The highest BCUT2D eigenvalue weighted by Crippen LogP contribution is 2.44. The van der Waals surface area contributed by atoms with Gasteiger partial charge in [0.2, 0.25) is 0 Å². The van der Waals surface area contributed by atoms with Crippen molar-refractivity contribution in [2.24, 2.45) is 0 Å². The van der Waals surface area contributed by atoms with Gasteiger partial charge in [-0.3, -0.25) is 9.59 Å². The number of halogens is 1. The number of rotatable bonds is 3. The minimum absolute atomic E-state index is 0.0735. The van der Waals surface area contributed by atoms with Crippen LogP contribution < -0.4 is 4.90 Å². The third-order valence-electron chi connectivity index (χ3n) is 5.38. The van der Waals surface area contributed by atoms with E-state index in [2.05, 4.69) is 0 Å². The van der Waals surface area contributed by atoms with Crippen LogP contribution in [0.15, 0.2) is 48.0 Å². The predicted octanol–water partition coefficient (Wildman–Crippen LogP) is 3.38. The highest BCUT2D eigenvalue weighted by molar-refractivity contribution is 6.31. The molecule has 138 valence electrons. The molecule has 1 heterocycles. The molecule has 2 N–H and O–H groups in total. The summed E-state index contributed by atoms with van der Waals surface area (Å²) in [6.07, 6.45) is 0.547. The van der Waals surface area contributed by atoms with Crippen molar-refractivity contribution in [1.29, 1.82) is 0 Å². The second kappa shape index (κ2) is 6.22. The highest BCUT2D eigenvalue weighted by atomic mass is 35.5. The van der Waals surface area contributed by atoms with Crippen molar-refractivity contribution in [3.63, 3.8) is 0 Å². The van der Waals surface area contributed by atoms with Gasteiger partial charge in [0.25, 0.3) is 5.91 Å². The summed E-state index contributed by atoms with van der Waals surface area (Å²) < 4.78 is 0. The molecular formula is C21H18ClNO4. The van der Waals surface area contributed by atoms with E-state index < -0.39 is 23.7 Å². The van der Waals surface area contributed by atoms with E-state index in [0.29, 0.717) is 34.7 Å². The molecule has 2 aromatic carbocycles. The fourth-order valence-corrected chi connectivity index (χ4v) is 4.10. The number of carbonyl (C=O) groups is 2. The number of hydrogen-bond acceptors (Lipinski definition) is 4. The van der Waals surface area contributed by atoms with Crippen LogP contribution in [-0.4, -0.2) is 29.0 Å². The highest BCUT2D eigenvalue weighted by Gasteiger charge is 2.50. The molecule has 0 saturated carbocycles. The third kappa shape index (κ3) is 2.66.